The summed E-state index contributed by atoms with van der Waals surface area (Å²) in [5, 5.41) is 18.6. The van der Waals surface area contributed by atoms with E-state index in [9.17, 15) is 5.11 Å². The molecule has 9 heavy (non-hydrogen) atoms. The van der Waals surface area contributed by atoms with E-state index in [1.54, 1.807) is 4.90 Å². The van der Waals surface area contributed by atoms with Crippen LogP contribution in [0.2, 0.25) is 0 Å². The third-order valence-corrected chi connectivity index (χ3v) is 0.768. The van der Waals surface area contributed by atoms with Crippen molar-refractivity contribution in [2.45, 2.75) is 6.10 Å². The summed E-state index contributed by atoms with van der Waals surface area (Å²) in [6.07, 6.45) is -0.704. The first-order chi connectivity index (χ1) is 3.66. The van der Waals surface area contributed by atoms with Gasteiger partial charge in [0, 0.05) is 6.54 Å². The molecule has 50 valence electrons. The van der Waals surface area contributed by atoms with Crippen molar-refractivity contribution in [1.29, 1.82) is 0 Å². The topological polar surface area (TPSA) is 46.5 Å². The molecule has 0 saturated carbocycles. The van der Waals surface area contributed by atoms with Crippen LogP contribution in [0.3, 0.4) is 0 Å². The largest absolute Gasteiger partial charge is 1.00 e. The minimum absolute atomic E-state index is 0. The van der Waals surface area contributed by atoms with E-state index in [4.69, 9.17) is 5.11 Å². The minimum atomic E-state index is -0.704. The Morgan fingerprint density at radius 1 is 1.56 bits per heavy atom. The molecule has 1 unspecified atom stereocenters. The van der Waals surface area contributed by atoms with Crippen molar-refractivity contribution in [2.24, 2.45) is 0 Å². The molecule has 3 nitrogen and oxygen atoms in total. The Hall–Kier alpha value is 1.52. The molecule has 0 spiro atoms. The number of hydrogen-bond acceptors (Lipinski definition) is 3. The second kappa shape index (κ2) is 7.62. The number of nitrogens with zero attached hydrogens (tertiary/aromatic N) is 1. The normalized spacial score (nSPS) is 13.0. The molecule has 0 aromatic heterocycles. The maximum atomic E-state index is 9.89. The first-order valence-corrected chi connectivity index (χ1v) is 2.57. The van der Waals surface area contributed by atoms with Crippen LogP contribution in [-0.4, -0.2) is 43.4 Å². The third kappa shape index (κ3) is 9.52. The zero-order chi connectivity index (χ0) is 6.57. The fourth-order valence-corrected chi connectivity index (χ4v) is 0.474. The van der Waals surface area contributed by atoms with Gasteiger partial charge in [-0.05, 0) is 14.1 Å². The molecule has 0 bridgehead atoms. The Kier molecular flexibility index (Phi) is 11.1. The molecule has 0 heterocycles. The van der Waals surface area contributed by atoms with E-state index in [1.165, 1.54) is 0 Å². The molecule has 0 amide bonds. The van der Waals surface area contributed by atoms with Crippen LogP contribution < -0.4 is 56.5 Å². The summed E-state index contributed by atoms with van der Waals surface area (Å²) in [5.74, 6) is 0. The van der Waals surface area contributed by atoms with Crippen molar-refractivity contribution in [3.63, 3.8) is 0 Å². The molecule has 0 aromatic carbocycles. The van der Waals surface area contributed by atoms with Crippen molar-refractivity contribution in [2.75, 3.05) is 27.2 Å². The van der Waals surface area contributed by atoms with Crippen LogP contribution in [0.15, 0.2) is 0 Å². The maximum absolute atomic E-state index is 9.89. The number of aliphatic hydroxyl groups excluding tert-OH is 1. The van der Waals surface area contributed by atoms with Gasteiger partial charge in [-0.2, -0.15) is 0 Å². The van der Waals surface area contributed by atoms with E-state index < -0.39 is 12.7 Å². The van der Waals surface area contributed by atoms with Crippen LogP contribution in [0.25, 0.3) is 0 Å². The molecule has 1 N–H and O–H groups in total. The van der Waals surface area contributed by atoms with Crippen molar-refractivity contribution < 1.29 is 61.6 Å². The van der Waals surface area contributed by atoms with Gasteiger partial charge in [-0.1, -0.05) is 0 Å². The van der Waals surface area contributed by atoms with Crippen molar-refractivity contribution >= 4 is 0 Å². The van der Waals surface area contributed by atoms with Gasteiger partial charge in [0.2, 0.25) is 0 Å². The first kappa shape index (κ1) is 13.1. The van der Waals surface area contributed by atoms with Crippen LogP contribution in [0.1, 0.15) is 0 Å². The third-order valence-electron chi connectivity index (χ3n) is 0.768. The Bertz CT molecular complexity index is 60.9. The number of aliphatic hydroxyl groups is 1. The van der Waals surface area contributed by atoms with Gasteiger partial charge in [0.05, 0.1) is 6.10 Å². The maximum Gasteiger partial charge on any atom is 1.00 e. The fourth-order valence-electron chi connectivity index (χ4n) is 0.474. The summed E-state index contributed by atoms with van der Waals surface area (Å²) in [4.78, 5) is 1.78. The second-order valence-corrected chi connectivity index (χ2v) is 2.08. The van der Waals surface area contributed by atoms with Gasteiger partial charge in [0.15, 0.2) is 0 Å². The molecule has 0 aromatic rings. The summed E-state index contributed by atoms with van der Waals surface area (Å²) in [7, 11) is 3.64. The van der Waals surface area contributed by atoms with E-state index in [2.05, 4.69) is 0 Å². The minimum Gasteiger partial charge on any atom is -0.853 e. The van der Waals surface area contributed by atoms with Gasteiger partial charge in [-0.3, -0.25) is 0 Å². The van der Waals surface area contributed by atoms with Crippen LogP contribution in [0.4, 0.5) is 0 Å². The van der Waals surface area contributed by atoms with Crippen molar-refractivity contribution in [3.8, 4) is 0 Å². The standard InChI is InChI=1S/C5H12NO2.K/c1-6(2)3-5(8)4-7;/h5,8H,3-4H2,1-2H3;/q-1;+1. The van der Waals surface area contributed by atoms with Gasteiger partial charge >= 0.3 is 51.4 Å². The SMILES string of the molecule is CN(C)CC(O)C[O-].[K+]. The predicted octanol–water partition coefficient (Wildman–Crippen LogP) is -4.73. The number of hydrogen-bond donors (Lipinski definition) is 1. The molecule has 0 aliphatic carbocycles. The van der Waals surface area contributed by atoms with Crippen molar-refractivity contribution in [3.05, 3.63) is 0 Å². The Balaban J connectivity index is 0. The fraction of sp³-hybridized carbons (Fsp3) is 1.00. The first-order valence-electron chi connectivity index (χ1n) is 2.57. The molecule has 0 radical (unpaired) electrons. The average Bonchev–Trinajstić information content (AvgIpc) is 1.65. The molecule has 0 rings (SSSR count). The van der Waals surface area contributed by atoms with E-state index >= 15 is 0 Å². The summed E-state index contributed by atoms with van der Waals surface area (Å²) >= 11 is 0. The van der Waals surface area contributed by atoms with Crippen LogP contribution in [-0.2, 0) is 0 Å². The molecule has 1 atom stereocenters. The monoisotopic (exact) mass is 157 g/mol. The Labute approximate surface area is 98.5 Å². The van der Waals surface area contributed by atoms with E-state index in [-0.39, 0.29) is 51.4 Å². The van der Waals surface area contributed by atoms with Gasteiger partial charge in [0.1, 0.15) is 0 Å². The van der Waals surface area contributed by atoms with E-state index in [0.29, 0.717) is 6.54 Å². The van der Waals surface area contributed by atoms with Gasteiger partial charge in [0.25, 0.3) is 0 Å². The molecule has 4 heteroatoms. The molecule has 0 saturated heterocycles. The zero-order valence-corrected chi connectivity index (χ0v) is 9.42. The zero-order valence-electron chi connectivity index (χ0n) is 6.29. The molecule has 0 fully saturated rings. The Morgan fingerprint density at radius 3 is 2.11 bits per heavy atom. The van der Waals surface area contributed by atoms with Crippen LogP contribution in [0.5, 0.6) is 0 Å². The quantitative estimate of drug-likeness (QED) is 0.419. The number of rotatable bonds is 3. The second-order valence-electron chi connectivity index (χ2n) is 2.08. The predicted molar refractivity (Wildman–Crippen MR) is 29.4 cm³/mol. The number of likely N-dealkylation sites (N-methyl/N-ethyl adjacent to an activating group) is 1. The summed E-state index contributed by atoms with van der Waals surface area (Å²) < 4.78 is 0. The van der Waals surface area contributed by atoms with Gasteiger partial charge in [-0.25, -0.2) is 0 Å². The summed E-state index contributed by atoms with van der Waals surface area (Å²) in [6.45, 7) is 0.0572. The van der Waals surface area contributed by atoms with E-state index in [0.717, 1.165) is 0 Å². The molecular formula is C5H12KNO2. The average molecular weight is 157 g/mol. The Morgan fingerprint density at radius 2 is 2.00 bits per heavy atom. The van der Waals surface area contributed by atoms with Crippen molar-refractivity contribution in [1.82, 2.24) is 4.90 Å². The molecule has 0 aliphatic heterocycles. The van der Waals surface area contributed by atoms with Crippen LogP contribution in [0, 0.1) is 0 Å². The summed E-state index contributed by atoms with van der Waals surface area (Å²) in [6, 6.07) is 0. The smallest absolute Gasteiger partial charge is 0.853 e. The van der Waals surface area contributed by atoms with Gasteiger partial charge < -0.3 is 15.1 Å². The van der Waals surface area contributed by atoms with E-state index in [1.807, 2.05) is 14.1 Å². The van der Waals surface area contributed by atoms with Gasteiger partial charge in [-0.15, -0.1) is 6.61 Å². The molecule has 0 aliphatic rings. The van der Waals surface area contributed by atoms with Crippen LogP contribution >= 0.6 is 0 Å². The molecular weight excluding hydrogens is 145 g/mol. The summed E-state index contributed by atoms with van der Waals surface area (Å²) in [5.41, 5.74) is 0.